The number of rotatable bonds is 3. The van der Waals surface area contributed by atoms with Gasteiger partial charge in [0.2, 0.25) is 0 Å². The Labute approximate surface area is 391 Å². The lowest BCUT2D eigenvalue weighted by Gasteiger charge is -2.45. The van der Waals surface area contributed by atoms with E-state index in [1.54, 1.807) is 5.56 Å². The monoisotopic (exact) mass is 865 g/mol. The minimum atomic E-state index is -0.00162. The number of fused-ring (bicyclic) bond motifs is 8. The van der Waals surface area contributed by atoms with Crippen LogP contribution in [0.15, 0.2) is 78.9 Å². The molecule has 0 unspecified atom stereocenters. The number of benzene rings is 5. The van der Waals surface area contributed by atoms with Crippen LogP contribution >= 0.6 is 11.3 Å². The van der Waals surface area contributed by atoms with Crippen molar-refractivity contribution in [3.05, 3.63) is 123 Å². The molecule has 4 heteroatoms. The summed E-state index contributed by atoms with van der Waals surface area (Å²) < 4.78 is 2.89. The lowest BCUT2D eigenvalue weighted by Crippen LogP contribution is -2.60. The van der Waals surface area contributed by atoms with Gasteiger partial charge in [-0.3, -0.25) is 0 Å². The van der Waals surface area contributed by atoms with Gasteiger partial charge in [0.15, 0.2) is 0 Å². The van der Waals surface area contributed by atoms with Gasteiger partial charge in [0, 0.05) is 43.3 Å². The van der Waals surface area contributed by atoms with E-state index in [1.807, 2.05) is 0 Å². The van der Waals surface area contributed by atoms with Crippen LogP contribution in [0.3, 0.4) is 0 Å². The predicted molar refractivity (Wildman–Crippen MR) is 283 cm³/mol. The summed E-state index contributed by atoms with van der Waals surface area (Å²) in [6.45, 7) is 41.1. The quantitative estimate of drug-likeness (QED) is 0.163. The second kappa shape index (κ2) is 13.9. The Morgan fingerprint density at radius 2 is 1.06 bits per heavy atom. The fourth-order valence-electron chi connectivity index (χ4n) is 12.0. The first-order chi connectivity index (χ1) is 29.7. The van der Waals surface area contributed by atoms with Crippen molar-refractivity contribution < 1.29 is 0 Å². The van der Waals surface area contributed by atoms with Crippen LogP contribution in [-0.4, -0.2) is 6.71 Å². The average Bonchev–Trinajstić information content (AvgIpc) is 3.58. The lowest BCUT2D eigenvalue weighted by atomic mass is 9.36. The summed E-state index contributed by atoms with van der Waals surface area (Å²) in [5, 5.41) is 1.41. The molecule has 2 aliphatic heterocycles. The molecule has 64 heavy (non-hydrogen) atoms. The molecule has 0 bridgehead atoms. The van der Waals surface area contributed by atoms with Gasteiger partial charge >= 0.3 is 0 Å². The molecule has 5 aromatic carbocycles. The van der Waals surface area contributed by atoms with Gasteiger partial charge < -0.3 is 9.80 Å². The topological polar surface area (TPSA) is 6.48 Å². The largest absolute Gasteiger partial charge is 0.311 e. The van der Waals surface area contributed by atoms with Crippen LogP contribution in [0.25, 0.3) is 10.1 Å². The molecule has 0 spiro atoms. The van der Waals surface area contributed by atoms with Gasteiger partial charge in [-0.25, -0.2) is 0 Å². The number of hydrogen-bond donors (Lipinski definition) is 0. The number of nitrogens with zero attached hydrogens (tertiary/aromatic N) is 2. The standard InChI is InChI=1S/C60H73BN2S/c1-35(2)37-29-49-52-50(30-37)63(47-22-18-38(28-36(47)3)55(4,5)6)48-23-19-39(56(7,8)9)31-46(48)61(52)54-53(41-33-44-45(34-51(41)64-54)60(16,17)27-26-59(44,14)15)62(49)40-20-21-42-43(32-40)58(12,13)25-24-57(42,10)11/h18-23,28-35H,24-27H2,1-17H3. The molecule has 3 heterocycles. The smallest absolute Gasteiger partial charge is 0.264 e. The van der Waals surface area contributed by atoms with E-state index in [9.17, 15) is 0 Å². The molecule has 0 fully saturated rings. The third kappa shape index (κ3) is 6.52. The maximum atomic E-state index is 2.76. The zero-order chi connectivity index (χ0) is 46.0. The summed E-state index contributed by atoms with van der Waals surface area (Å²) in [4.78, 5) is 5.41. The highest BCUT2D eigenvalue weighted by Gasteiger charge is 2.48. The number of thiophene rings is 1. The van der Waals surface area contributed by atoms with Gasteiger partial charge in [-0.1, -0.05) is 141 Å². The predicted octanol–water partition coefficient (Wildman–Crippen LogP) is 15.7. The van der Waals surface area contributed by atoms with Crippen LogP contribution in [0.4, 0.5) is 34.1 Å². The maximum Gasteiger partial charge on any atom is 0.264 e. The van der Waals surface area contributed by atoms with Crippen molar-refractivity contribution in [2.24, 2.45) is 0 Å². The molecule has 0 atom stereocenters. The normalized spacial score (nSPS) is 19.0. The average molecular weight is 865 g/mol. The van der Waals surface area contributed by atoms with E-state index in [-0.39, 0.29) is 39.2 Å². The molecule has 0 N–H and O–H groups in total. The summed E-state index contributed by atoms with van der Waals surface area (Å²) in [5.74, 6) is 0.344. The van der Waals surface area contributed by atoms with Crippen LogP contribution in [0.2, 0.25) is 0 Å². The zero-order valence-corrected chi connectivity index (χ0v) is 43.1. The van der Waals surface area contributed by atoms with Crippen molar-refractivity contribution >= 4 is 78.0 Å². The van der Waals surface area contributed by atoms with Gasteiger partial charge in [0.05, 0.1) is 5.69 Å². The first-order valence-corrected chi connectivity index (χ1v) is 25.3. The molecule has 0 saturated heterocycles. The first-order valence-electron chi connectivity index (χ1n) is 24.5. The Balaban J connectivity index is 1.36. The molecule has 1 aromatic heterocycles. The maximum absolute atomic E-state index is 2.76. The molecule has 10 rings (SSSR count). The van der Waals surface area contributed by atoms with E-state index in [1.165, 1.54) is 125 Å². The minimum Gasteiger partial charge on any atom is -0.311 e. The first kappa shape index (κ1) is 43.6. The minimum absolute atomic E-state index is 0.00162. The van der Waals surface area contributed by atoms with E-state index in [0.717, 1.165) is 0 Å². The Morgan fingerprint density at radius 3 is 1.62 bits per heavy atom. The van der Waals surface area contributed by atoms with Crippen LogP contribution in [0, 0.1) is 6.92 Å². The van der Waals surface area contributed by atoms with Crippen molar-refractivity contribution in [1.82, 2.24) is 0 Å². The summed E-state index contributed by atoms with van der Waals surface area (Å²) in [6.07, 6.45) is 4.81. The molecule has 0 radical (unpaired) electrons. The zero-order valence-electron chi connectivity index (χ0n) is 42.3. The van der Waals surface area contributed by atoms with E-state index < -0.39 is 0 Å². The summed E-state index contributed by atoms with van der Waals surface area (Å²) in [6, 6.07) is 32.8. The van der Waals surface area contributed by atoms with Crippen molar-refractivity contribution in [1.29, 1.82) is 0 Å². The van der Waals surface area contributed by atoms with Crippen LogP contribution in [0.5, 0.6) is 0 Å². The van der Waals surface area contributed by atoms with Crippen molar-refractivity contribution in [2.75, 3.05) is 9.80 Å². The van der Waals surface area contributed by atoms with Crippen molar-refractivity contribution in [3.63, 3.8) is 0 Å². The Morgan fingerprint density at radius 1 is 0.547 bits per heavy atom. The van der Waals surface area contributed by atoms with Gasteiger partial charge in [0.25, 0.3) is 6.71 Å². The fourth-order valence-corrected chi connectivity index (χ4v) is 13.3. The van der Waals surface area contributed by atoms with Gasteiger partial charge in [-0.05, 0) is 175 Å². The Kier molecular flexibility index (Phi) is 9.46. The third-order valence-electron chi connectivity index (χ3n) is 16.6. The molecule has 0 saturated carbocycles. The lowest BCUT2D eigenvalue weighted by molar-refractivity contribution is 0.332. The van der Waals surface area contributed by atoms with Crippen LogP contribution < -0.4 is 25.5 Å². The molecular weight excluding hydrogens is 792 g/mol. The Bertz CT molecular complexity index is 2920. The van der Waals surface area contributed by atoms with Gasteiger partial charge in [-0.2, -0.15) is 0 Å². The molecule has 332 valence electrons. The summed E-state index contributed by atoms with van der Waals surface area (Å²) in [5.41, 5.74) is 22.8. The van der Waals surface area contributed by atoms with Gasteiger partial charge in [-0.15, -0.1) is 11.3 Å². The highest BCUT2D eigenvalue weighted by atomic mass is 32.1. The number of hydrogen-bond acceptors (Lipinski definition) is 3. The molecule has 6 aromatic rings. The summed E-state index contributed by atoms with van der Waals surface area (Å²) in [7, 11) is 0. The van der Waals surface area contributed by atoms with Crippen LogP contribution in [0.1, 0.15) is 187 Å². The van der Waals surface area contributed by atoms with Crippen molar-refractivity contribution in [3.8, 4) is 0 Å². The highest BCUT2D eigenvalue weighted by molar-refractivity contribution is 7.33. The van der Waals surface area contributed by atoms with E-state index in [2.05, 4.69) is 218 Å². The Hall–Kier alpha value is -4.28. The molecule has 2 aliphatic carbocycles. The second-order valence-electron chi connectivity index (χ2n) is 25.5. The molecule has 0 amide bonds. The van der Waals surface area contributed by atoms with E-state index in [4.69, 9.17) is 0 Å². The number of anilines is 6. The van der Waals surface area contributed by atoms with Gasteiger partial charge in [0.1, 0.15) is 0 Å². The molecule has 2 nitrogen and oxygen atoms in total. The van der Waals surface area contributed by atoms with E-state index in [0.29, 0.717) is 5.92 Å². The number of aryl methyl sites for hydroxylation is 1. The molecule has 4 aliphatic rings. The highest BCUT2D eigenvalue weighted by Crippen LogP contribution is 2.55. The van der Waals surface area contributed by atoms with Crippen molar-refractivity contribution in [2.45, 2.75) is 182 Å². The second-order valence-corrected chi connectivity index (χ2v) is 26.6. The van der Waals surface area contributed by atoms with Crippen LogP contribution in [-0.2, 0) is 32.5 Å². The fraction of sp³-hybridized carbons (Fsp3) is 0.467. The SMILES string of the molecule is Cc1cc(C(C)(C)C)ccc1N1c2ccc(C(C)(C)C)cc2B2c3sc4cc5c(cc4c3N(c3ccc4c(c3)C(C)(C)CCC4(C)C)c3cc(C(C)C)cc1c32)C(C)(C)CCC5(C)C. The van der Waals surface area contributed by atoms with E-state index >= 15 is 0 Å². The molecular formula is C60H73BN2S. The summed E-state index contributed by atoms with van der Waals surface area (Å²) >= 11 is 2.07. The third-order valence-corrected chi connectivity index (χ3v) is 17.8.